The van der Waals surface area contributed by atoms with E-state index in [2.05, 4.69) is 47.9 Å². The second kappa shape index (κ2) is 15.5. The van der Waals surface area contributed by atoms with E-state index in [1.54, 1.807) is 31.4 Å². The first-order valence-electron chi connectivity index (χ1n) is 16.7. The van der Waals surface area contributed by atoms with Gasteiger partial charge in [-0.05, 0) is 48.2 Å². The first-order valence-corrected chi connectivity index (χ1v) is 18.9. The highest BCUT2D eigenvalue weighted by Crippen LogP contribution is 2.35. The fourth-order valence-corrected chi connectivity index (χ4v) is 6.88. The van der Waals surface area contributed by atoms with E-state index in [0.29, 0.717) is 41.5 Å². The van der Waals surface area contributed by atoms with E-state index in [9.17, 15) is 18.0 Å². The molecule has 2 aliphatic rings. The Morgan fingerprint density at radius 3 is 2.45 bits per heavy atom. The van der Waals surface area contributed by atoms with Gasteiger partial charge in [0.05, 0.1) is 42.5 Å². The van der Waals surface area contributed by atoms with Gasteiger partial charge in [0.15, 0.2) is 5.82 Å². The van der Waals surface area contributed by atoms with Crippen LogP contribution in [-0.2, 0) is 26.0 Å². The zero-order valence-corrected chi connectivity index (χ0v) is 30.3. The van der Waals surface area contributed by atoms with Crippen molar-refractivity contribution < 1.29 is 22.7 Å². The molecule has 1 aromatic heterocycles. The molecule has 51 heavy (non-hydrogen) atoms. The number of halogens is 1. The molecule has 268 valence electrons. The van der Waals surface area contributed by atoms with Crippen molar-refractivity contribution in [1.29, 1.82) is 0 Å². The molecule has 2 aliphatic heterocycles. The number of hydrogen-bond donors (Lipinski definition) is 3. The van der Waals surface area contributed by atoms with Gasteiger partial charge >= 0.3 is 0 Å². The van der Waals surface area contributed by atoms with Crippen LogP contribution in [0.1, 0.15) is 29.9 Å². The van der Waals surface area contributed by atoms with Gasteiger partial charge < -0.3 is 20.3 Å². The number of aromatic nitrogens is 2. The van der Waals surface area contributed by atoms with Crippen molar-refractivity contribution in [3.63, 3.8) is 0 Å². The number of hydrogen-bond acceptors (Lipinski definition) is 11. The van der Waals surface area contributed by atoms with Crippen molar-refractivity contribution in [2.75, 3.05) is 73.0 Å². The summed E-state index contributed by atoms with van der Waals surface area (Å²) in [5, 5.41) is 9.07. The Labute approximate surface area is 303 Å². The van der Waals surface area contributed by atoms with Gasteiger partial charge in [-0.3, -0.25) is 24.1 Å². The fraction of sp³-hybridized carbons (Fsp3) is 0.333. The second-order valence-electron chi connectivity index (χ2n) is 12.6. The highest BCUT2D eigenvalue weighted by Gasteiger charge is 2.28. The summed E-state index contributed by atoms with van der Waals surface area (Å²) in [6, 6.07) is 21.1. The number of methoxy groups -OCH3 is 1. The molecule has 3 N–H and O–H groups in total. The normalized spacial score (nSPS) is 16.8. The van der Waals surface area contributed by atoms with E-state index < -0.39 is 10.0 Å². The third-order valence-corrected chi connectivity index (χ3v) is 10.7. The number of rotatable bonds is 12. The number of para-hydroxylation sites is 2. The maximum atomic E-state index is 12.2. The first-order chi connectivity index (χ1) is 24.5. The third kappa shape index (κ3) is 8.70. The lowest BCUT2D eigenvalue weighted by molar-refractivity contribution is -0.134. The highest BCUT2D eigenvalue weighted by atomic mass is 35.5. The van der Waals surface area contributed by atoms with Crippen molar-refractivity contribution in [3.8, 4) is 5.75 Å². The maximum Gasteiger partial charge on any atom is 0.234 e. The number of ether oxygens (including phenoxy) is 1. The number of carbonyl (C=O) groups excluding carboxylic acids is 2. The average Bonchev–Trinajstić information content (AvgIpc) is 3.12. The topological polar surface area (TPSA) is 149 Å². The zero-order chi connectivity index (χ0) is 36.1. The van der Waals surface area contributed by atoms with Gasteiger partial charge in [-0.1, -0.05) is 48.0 Å². The van der Waals surface area contributed by atoms with Gasteiger partial charge in [-0.25, -0.2) is 13.4 Å². The third-order valence-electron chi connectivity index (χ3n) is 9.24. The molecule has 2 fully saturated rings. The zero-order valence-electron chi connectivity index (χ0n) is 28.7. The van der Waals surface area contributed by atoms with Crippen molar-refractivity contribution in [2.24, 2.45) is 0 Å². The van der Waals surface area contributed by atoms with Crippen LogP contribution in [0.25, 0.3) is 0 Å². The van der Waals surface area contributed by atoms with Gasteiger partial charge in [0.2, 0.25) is 27.8 Å². The number of piperidine rings is 1. The Morgan fingerprint density at radius 2 is 1.75 bits per heavy atom. The molecule has 13 nitrogen and oxygen atoms in total. The Hall–Kier alpha value is -4.92. The Balaban J connectivity index is 1.04. The van der Waals surface area contributed by atoms with Gasteiger partial charge in [0, 0.05) is 57.9 Å². The number of nitrogens with one attached hydrogen (secondary N) is 3. The molecule has 3 heterocycles. The van der Waals surface area contributed by atoms with Crippen LogP contribution in [0, 0.1) is 0 Å². The summed E-state index contributed by atoms with van der Waals surface area (Å²) < 4.78 is 31.3. The molecule has 6 rings (SSSR count). The first kappa shape index (κ1) is 35.9. The lowest BCUT2D eigenvalue weighted by Gasteiger charge is -2.36. The largest absolute Gasteiger partial charge is 0.494 e. The van der Waals surface area contributed by atoms with E-state index in [0.717, 1.165) is 56.7 Å². The minimum absolute atomic E-state index is 0.197. The van der Waals surface area contributed by atoms with Gasteiger partial charge in [0.1, 0.15) is 10.8 Å². The van der Waals surface area contributed by atoms with Crippen LogP contribution in [-0.4, -0.2) is 88.2 Å². The monoisotopic (exact) mass is 732 g/mol. The van der Waals surface area contributed by atoms with E-state index in [1.807, 2.05) is 30.3 Å². The number of imide groups is 1. The lowest BCUT2D eigenvalue weighted by atomic mass is 9.90. The van der Waals surface area contributed by atoms with Crippen LogP contribution in [0.15, 0.2) is 72.9 Å². The van der Waals surface area contributed by atoms with Crippen LogP contribution >= 0.6 is 11.6 Å². The Bertz CT molecular complexity index is 2010. The van der Waals surface area contributed by atoms with Gasteiger partial charge in [0.25, 0.3) is 0 Å². The quantitative estimate of drug-likeness (QED) is 0.171. The SMILES string of the molecule is COc1cc(N2CCN(CCc3ccc(C4CCC(=O)NC4=O)cc3)CC2)ccc1Nc1ncc(Cl)c(Nc2ccccc2N(C)S(C)(=O)=O)n1. The predicted molar refractivity (Wildman–Crippen MR) is 200 cm³/mol. The number of anilines is 6. The Morgan fingerprint density at radius 1 is 1.00 bits per heavy atom. The van der Waals surface area contributed by atoms with Crippen molar-refractivity contribution in [1.82, 2.24) is 20.2 Å². The average molecular weight is 733 g/mol. The molecule has 0 radical (unpaired) electrons. The molecular formula is C36H41ClN8O5S. The molecule has 4 aromatic rings. The van der Waals surface area contributed by atoms with Crippen molar-refractivity contribution in [3.05, 3.63) is 89.1 Å². The minimum Gasteiger partial charge on any atom is -0.494 e. The van der Waals surface area contributed by atoms with Crippen LogP contribution in [0.3, 0.4) is 0 Å². The smallest absolute Gasteiger partial charge is 0.234 e. The van der Waals surface area contributed by atoms with Crippen LogP contribution in [0.2, 0.25) is 5.02 Å². The fourth-order valence-electron chi connectivity index (χ4n) is 6.22. The summed E-state index contributed by atoms with van der Waals surface area (Å²) in [7, 11) is -0.395. The summed E-state index contributed by atoms with van der Waals surface area (Å²) in [6.45, 7) is 4.53. The van der Waals surface area contributed by atoms with E-state index in [4.69, 9.17) is 16.3 Å². The summed E-state index contributed by atoms with van der Waals surface area (Å²) in [6.07, 6.45) is 4.46. The predicted octanol–water partition coefficient (Wildman–Crippen LogP) is 4.91. The molecule has 0 spiro atoms. The van der Waals surface area contributed by atoms with E-state index in [-0.39, 0.29) is 28.7 Å². The molecule has 0 bridgehead atoms. The summed E-state index contributed by atoms with van der Waals surface area (Å²) in [5.41, 5.74) is 4.86. The lowest BCUT2D eigenvalue weighted by Crippen LogP contribution is -2.47. The second-order valence-corrected chi connectivity index (χ2v) is 15.0. The molecule has 1 atom stereocenters. The number of amides is 2. The number of nitrogens with zero attached hydrogens (tertiary/aromatic N) is 5. The summed E-state index contributed by atoms with van der Waals surface area (Å²) >= 11 is 6.44. The Kier molecular flexibility index (Phi) is 10.9. The molecule has 3 aromatic carbocycles. The van der Waals surface area contributed by atoms with Crippen LogP contribution in [0.5, 0.6) is 5.75 Å². The molecule has 15 heteroatoms. The maximum absolute atomic E-state index is 12.2. The summed E-state index contributed by atoms with van der Waals surface area (Å²) in [4.78, 5) is 37.4. The molecule has 1 unspecified atom stereocenters. The van der Waals surface area contributed by atoms with Crippen molar-refractivity contribution >= 4 is 68.0 Å². The highest BCUT2D eigenvalue weighted by molar-refractivity contribution is 7.92. The standard InChI is InChI=1S/C36H41ClN8O5S/c1-43(51(3,48)49)31-7-5-4-6-29(31)39-34-28(37)23-38-36(42-34)40-30-14-12-26(22-32(30)50-2)45-20-18-44(19-21-45)17-16-24-8-10-25(11-9-24)27-13-15-33(46)41-35(27)47/h4-12,14,22-23,27H,13,15-21H2,1-3H3,(H,41,46,47)(H2,38,39,40,42). The number of sulfonamides is 1. The van der Waals surface area contributed by atoms with Gasteiger partial charge in [-0.2, -0.15) is 4.98 Å². The number of benzene rings is 3. The molecule has 0 aliphatic carbocycles. The van der Waals surface area contributed by atoms with E-state index >= 15 is 0 Å². The molecule has 0 saturated carbocycles. The number of carbonyl (C=O) groups is 2. The van der Waals surface area contributed by atoms with Crippen molar-refractivity contribution in [2.45, 2.75) is 25.2 Å². The van der Waals surface area contributed by atoms with Gasteiger partial charge in [-0.15, -0.1) is 0 Å². The molecule has 2 saturated heterocycles. The number of piperazine rings is 1. The van der Waals surface area contributed by atoms with Crippen LogP contribution in [0.4, 0.5) is 34.5 Å². The van der Waals surface area contributed by atoms with Crippen LogP contribution < -0.4 is 29.9 Å². The molecule has 2 amide bonds. The minimum atomic E-state index is -3.49. The summed E-state index contributed by atoms with van der Waals surface area (Å²) in [5.74, 6) is 0.547. The van der Waals surface area contributed by atoms with E-state index in [1.165, 1.54) is 23.1 Å². The molecular weight excluding hydrogens is 692 g/mol.